The summed E-state index contributed by atoms with van der Waals surface area (Å²) in [5, 5.41) is 2.85. The smallest absolute Gasteiger partial charge is 0.246 e. The average Bonchev–Trinajstić information content (AvgIpc) is 2.38. The van der Waals surface area contributed by atoms with E-state index in [0.29, 0.717) is 0 Å². The molecule has 0 bridgehead atoms. The summed E-state index contributed by atoms with van der Waals surface area (Å²) in [6.07, 6.45) is 2.37. The van der Waals surface area contributed by atoms with Gasteiger partial charge in [-0.15, -0.1) is 0 Å². The number of anilines is 1. The van der Waals surface area contributed by atoms with E-state index in [0.717, 1.165) is 23.2 Å². The number of nitrogens with zero attached hydrogens (tertiary/aromatic N) is 1. The highest BCUT2D eigenvalue weighted by Gasteiger charge is 2.12. The van der Waals surface area contributed by atoms with Crippen molar-refractivity contribution >= 4 is 17.5 Å². The van der Waals surface area contributed by atoms with Gasteiger partial charge in [0.15, 0.2) is 0 Å². The molecule has 0 spiro atoms. The van der Waals surface area contributed by atoms with Crippen LogP contribution in [0.25, 0.3) is 0 Å². The van der Waals surface area contributed by atoms with Gasteiger partial charge in [0.25, 0.3) is 0 Å². The Morgan fingerprint density at radius 1 is 1.25 bits per heavy atom. The number of benzene rings is 1. The van der Waals surface area contributed by atoms with Crippen molar-refractivity contribution < 1.29 is 9.59 Å². The van der Waals surface area contributed by atoms with Crippen LogP contribution in [0.15, 0.2) is 35.9 Å². The van der Waals surface area contributed by atoms with E-state index >= 15 is 0 Å². The number of hydrogen-bond acceptors (Lipinski definition) is 2. The second-order valence-electron chi connectivity index (χ2n) is 4.97. The van der Waals surface area contributed by atoms with Crippen LogP contribution in [0.3, 0.4) is 0 Å². The Balaban J connectivity index is 2.64. The number of carbonyl (C=O) groups is 2. The van der Waals surface area contributed by atoms with Gasteiger partial charge in [-0.2, -0.15) is 0 Å². The molecule has 0 saturated heterocycles. The van der Waals surface area contributed by atoms with Crippen molar-refractivity contribution in [3.05, 3.63) is 41.5 Å². The fraction of sp³-hybridized carbons (Fsp3) is 0.375. The van der Waals surface area contributed by atoms with E-state index in [1.165, 1.54) is 11.0 Å². The predicted molar refractivity (Wildman–Crippen MR) is 81.5 cm³/mol. The SMILES string of the molecule is CCc1ccccc1NC(=O)CN(C)C(=O)C=C(C)C. The monoisotopic (exact) mass is 274 g/mol. The summed E-state index contributed by atoms with van der Waals surface area (Å²) >= 11 is 0. The molecule has 0 heterocycles. The first-order chi connectivity index (χ1) is 9.43. The fourth-order valence-electron chi connectivity index (χ4n) is 1.79. The molecule has 1 rings (SSSR count). The summed E-state index contributed by atoms with van der Waals surface area (Å²) < 4.78 is 0. The lowest BCUT2D eigenvalue weighted by Gasteiger charge is -2.16. The molecule has 0 aliphatic heterocycles. The van der Waals surface area contributed by atoms with Crippen LogP contribution in [0.1, 0.15) is 26.3 Å². The molecule has 1 aromatic carbocycles. The predicted octanol–water partition coefficient (Wildman–Crippen LogP) is 2.61. The first-order valence-corrected chi connectivity index (χ1v) is 6.71. The third-order valence-electron chi connectivity index (χ3n) is 2.84. The van der Waals surface area contributed by atoms with Crippen molar-refractivity contribution in [2.45, 2.75) is 27.2 Å². The highest BCUT2D eigenvalue weighted by molar-refractivity contribution is 5.97. The number of allylic oxidation sites excluding steroid dienone is 1. The number of hydrogen-bond donors (Lipinski definition) is 1. The quantitative estimate of drug-likeness (QED) is 0.839. The van der Waals surface area contributed by atoms with E-state index in [4.69, 9.17) is 0 Å². The Bertz CT molecular complexity index is 517. The van der Waals surface area contributed by atoms with Gasteiger partial charge in [-0.25, -0.2) is 0 Å². The van der Waals surface area contributed by atoms with Crippen LogP contribution in [0.4, 0.5) is 5.69 Å². The maximum atomic E-state index is 12.0. The van der Waals surface area contributed by atoms with Crippen molar-refractivity contribution in [3.63, 3.8) is 0 Å². The van der Waals surface area contributed by atoms with E-state index < -0.39 is 0 Å². The molecule has 0 aliphatic rings. The zero-order chi connectivity index (χ0) is 15.1. The fourth-order valence-corrected chi connectivity index (χ4v) is 1.79. The van der Waals surface area contributed by atoms with Gasteiger partial charge < -0.3 is 10.2 Å². The van der Waals surface area contributed by atoms with Gasteiger partial charge in [0.2, 0.25) is 11.8 Å². The molecule has 20 heavy (non-hydrogen) atoms. The molecule has 0 aliphatic carbocycles. The van der Waals surface area contributed by atoms with Gasteiger partial charge in [0.05, 0.1) is 6.54 Å². The van der Waals surface area contributed by atoms with Crippen molar-refractivity contribution in [3.8, 4) is 0 Å². The standard InChI is InChI=1S/C16H22N2O2/c1-5-13-8-6-7-9-14(13)17-15(19)11-18(4)16(20)10-12(2)3/h6-10H,5,11H2,1-4H3,(H,17,19). The first-order valence-electron chi connectivity index (χ1n) is 6.71. The van der Waals surface area contributed by atoms with Crippen LogP contribution in [0.5, 0.6) is 0 Å². The number of rotatable bonds is 5. The average molecular weight is 274 g/mol. The van der Waals surface area contributed by atoms with Crippen LogP contribution in [0.2, 0.25) is 0 Å². The number of likely N-dealkylation sites (N-methyl/N-ethyl adjacent to an activating group) is 1. The number of carbonyl (C=O) groups excluding carboxylic acids is 2. The lowest BCUT2D eigenvalue weighted by atomic mass is 10.1. The summed E-state index contributed by atoms with van der Waals surface area (Å²) in [6, 6.07) is 7.67. The minimum atomic E-state index is -0.191. The summed E-state index contributed by atoms with van der Waals surface area (Å²) in [5.41, 5.74) is 2.81. The van der Waals surface area contributed by atoms with Gasteiger partial charge in [-0.1, -0.05) is 30.7 Å². The number of aryl methyl sites for hydroxylation is 1. The molecule has 2 amide bonds. The molecule has 1 aromatic rings. The van der Waals surface area contributed by atoms with Crippen molar-refractivity contribution in [1.29, 1.82) is 0 Å². The molecule has 4 heteroatoms. The molecule has 0 atom stereocenters. The first kappa shape index (κ1) is 16.0. The Morgan fingerprint density at radius 2 is 1.90 bits per heavy atom. The molecule has 0 aromatic heterocycles. The Kier molecular flexibility index (Phi) is 5.97. The molecular weight excluding hydrogens is 252 g/mol. The normalized spacial score (nSPS) is 9.80. The third kappa shape index (κ3) is 4.88. The van der Waals surface area contributed by atoms with Gasteiger partial charge in [-0.05, 0) is 31.9 Å². The van der Waals surface area contributed by atoms with Gasteiger partial charge in [-0.3, -0.25) is 9.59 Å². The van der Waals surface area contributed by atoms with Crippen molar-refractivity contribution in [1.82, 2.24) is 4.90 Å². The molecule has 0 saturated carbocycles. The zero-order valence-corrected chi connectivity index (χ0v) is 12.6. The molecule has 0 radical (unpaired) electrons. The van der Waals surface area contributed by atoms with E-state index in [1.807, 2.05) is 45.0 Å². The Hall–Kier alpha value is -2.10. The minimum absolute atomic E-state index is 0.0423. The molecule has 108 valence electrons. The number of amides is 2. The number of nitrogens with one attached hydrogen (secondary N) is 1. The van der Waals surface area contributed by atoms with Crippen molar-refractivity contribution in [2.24, 2.45) is 0 Å². The number of para-hydroxylation sites is 1. The highest BCUT2D eigenvalue weighted by atomic mass is 16.2. The van der Waals surface area contributed by atoms with E-state index in [1.54, 1.807) is 7.05 Å². The van der Waals surface area contributed by atoms with E-state index in [9.17, 15) is 9.59 Å². The second-order valence-corrected chi connectivity index (χ2v) is 4.97. The lowest BCUT2D eigenvalue weighted by Crippen LogP contribution is -2.34. The van der Waals surface area contributed by atoms with E-state index in [-0.39, 0.29) is 18.4 Å². The van der Waals surface area contributed by atoms with Crippen LogP contribution in [-0.2, 0) is 16.0 Å². The largest absolute Gasteiger partial charge is 0.333 e. The summed E-state index contributed by atoms with van der Waals surface area (Å²) in [4.78, 5) is 25.1. The molecule has 1 N–H and O–H groups in total. The maximum absolute atomic E-state index is 12.0. The highest BCUT2D eigenvalue weighted by Crippen LogP contribution is 2.15. The van der Waals surface area contributed by atoms with Crippen LogP contribution in [0, 0.1) is 0 Å². The maximum Gasteiger partial charge on any atom is 0.246 e. The van der Waals surface area contributed by atoms with Crippen LogP contribution < -0.4 is 5.32 Å². The molecule has 4 nitrogen and oxygen atoms in total. The van der Waals surface area contributed by atoms with Crippen LogP contribution in [-0.4, -0.2) is 30.3 Å². The second kappa shape index (κ2) is 7.48. The summed E-state index contributed by atoms with van der Waals surface area (Å²) in [7, 11) is 1.62. The minimum Gasteiger partial charge on any atom is -0.333 e. The Morgan fingerprint density at radius 3 is 2.50 bits per heavy atom. The van der Waals surface area contributed by atoms with E-state index in [2.05, 4.69) is 5.32 Å². The lowest BCUT2D eigenvalue weighted by molar-refractivity contribution is -0.129. The van der Waals surface area contributed by atoms with Gasteiger partial charge >= 0.3 is 0 Å². The van der Waals surface area contributed by atoms with Gasteiger partial charge in [0.1, 0.15) is 0 Å². The summed E-state index contributed by atoms with van der Waals surface area (Å²) in [5.74, 6) is -0.354. The Labute approximate surface area is 120 Å². The van der Waals surface area contributed by atoms with Gasteiger partial charge in [0, 0.05) is 18.8 Å². The van der Waals surface area contributed by atoms with Crippen LogP contribution >= 0.6 is 0 Å². The van der Waals surface area contributed by atoms with Crippen molar-refractivity contribution in [2.75, 3.05) is 18.9 Å². The topological polar surface area (TPSA) is 49.4 Å². The zero-order valence-electron chi connectivity index (χ0n) is 12.6. The molecule has 0 fully saturated rings. The molecule has 0 unspecified atom stereocenters. The molecular formula is C16H22N2O2. The third-order valence-corrected chi connectivity index (χ3v) is 2.84. The summed E-state index contributed by atoms with van der Waals surface area (Å²) in [6.45, 7) is 5.78.